The number of likely N-dealkylation sites (N-methyl/N-ethyl adjacent to an activating group) is 1. The molecule has 0 aromatic heterocycles. The fourth-order valence-electron chi connectivity index (χ4n) is 3.49. The lowest BCUT2D eigenvalue weighted by Gasteiger charge is -2.24. The van der Waals surface area contributed by atoms with Gasteiger partial charge in [-0.3, -0.25) is 0 Å². The van der Waals surface area contributed by atoms with Crippen molar-refractivity contribution in [1.82, 2.24) is 5.32 Å². The zero-order valence-corrected chi connectivity index (χ0v) is 12.3. The standard InChI is InChI=1S/C19H23N/c1-14(15-9-5-3-6-10-15)19(20-2)18-13-17(18)16-11-7-4-8-12-16/h3-12,14,17-20H,13H2,1-2H3. The molecule has 0 bridgehead atoms. The molecule has 0 saturated heterocycles. The molecule has 3 rings (SSSR count). The van der Waals surface area contributed by atoms with Crippen molar-refractivity contribution < 1.29 is 0 Å². The first-order chi connectivity index (χ1) is 9.81. The summed E-state index contributed by atoms with van der Waals surface area (Å²) in [4.78, 5) is 0. The van der Waals surface area contributed by atoms with Crippen LogP contribution in [-0.2, 0) is 0 Å². The van der Waals surface area contributed by atoms with Crippen molar-refractivity contribution in [3.05, 3.63) is 71.8 Å². The lowest BCUT2D eigenvalue weighted by Crippen LogP contribution is -2.33. The topological polar surface area (TPSA) is 12.0 Å². The van der Waals surface area contributed by atoms with Crippen LogP contribution in [-0.4, -0.2) is 13.1 Å². The Hall–Kier alpha value is -1.60. The van der Waals surface area contributed by atoms with Crippen LogP contribution in [0.3, 0.4) is 0 Å². The normalized spacial score (nSPS) is 24.1. The molecule has 4 atom stereocenters. The Morgan fingerprint density at radius 3 is 2.15 bits per heavy atom. The highest BCUT2D eigenvalue weighted by molar-refractivity contribution is 5.29. The van der Waals surface area contributed by atoms with Crippen molar-refractivity contribution in [3.8, 4) is 0 Å². The highest BCUT2D eigenvalue weighted by Crippen LogP contribution is 2.51. The lowest BCUT2D eigenvalue weighted by molar-refractivity contribution is 0.430. The fraction of sp³-hybridized carbons (Fsp3) is 0.368. The molecule has 1 N–H and O–H groups in total. The zero-order chi connectivity index (χ0) is 13.9. The Bertz CT molecular complexity index is 534. The van der Waals surface area contributed by atoms with Gasteiger partial charge in [0.05, 0.1) is 0 Å². The average Bonchev–Trinajstić information content (AvgIpc) is 3.30. The van der Waals surface area contributed by atoms with Gasteiger partial charge in [-0.05, 0) is 42.3 Å². The quantitative estimate of drug-likeness (QED) is 0.855. The van der Waals surface area contributed by atoms with Crippen LogP contribution in [0.1, 0.15) is 36.3 Å². The maximum Gasteiger partial charge on any atom is 0.0164 e. The van der Waals surface area contributed by atoms with Gasteiger partial charge in [0, 0.05) is 6.04 Å². The molecule has 1 aliphatic rings. The third-order valence-electron chi connectivity index (χ3n) is 4.73. The van der Waals surface area contributed by atoms with E-state index in [2.05, 4.69) is 80.0 Å². The Balaban J connectivity index is 1.73. The Labute approximate surface area is 122 Å². The van der Waals surface area contributed by atoms with Crippen molar-refractivity contribution in [1.29, 1.82) is 0 Å². The minimum Gasteiger partial charge on any atom is -0.316 e. The average molecular weight is 265 g/mol. The maximum absolute atomic E-state index is 3.56. The van der Waals surface area contributed by atoms with Crippen molar-refractivity contribution in [2.45, 2.75) is 31.2 Å². The van der Waals surface area contributed by atoms with Gasteiger partial charge in [0.2, 0.25) is 0 Å². The largest absolute Gasteiger partial charge is 0.316 e. The summed E-state index contributed by atoms with van der Waals surface area (Å²) in [7, 11) is 2.10. The van der Waals surface area contributed by atoms with Gasteiger partial charge < -0.3 is 5.32 Å². The van der Waals surface area contributed by atoms with Crippen LogP contribution in [0.25, 0.3) is 0 Å². The monoisotopic (exact) mass is 265 g/mol. The van der Waals surface area contributed by atoms with Crippen LogP contribution in [0.5, 0.6) is 0 Å². The van der Waals surface area contributed by atoms with E-state index in [1.807, 2.05) is 0 Å². The third kappa shape index (κ3) is 2.64. The van der Waals surface area contributed by atoms with Crippen molar-refractivity contribution in [2.24, 2.45) is 5.92 Å². The Morgan fingerprint density at radius 1 is 0.950 bits per heavy atom. The molecule has 20 heavy (non-hydrogen) atoms. The van der Waals surface area contributed by atoms with Gasteiger partial charge >= 0.3 is 0 Å². The van der Waals surface area contributed by atoms with Gasteiger partial charge in [-0.1, -0.05) is 67.6 Å². The number of rotatable bonds is 5. The summed E-state index contributed by atoms with van der Waals surface area (Å²) in [5.74, 6) is 2.05. The minimum absolute atomic E-state index is 0.555. The van der Waals surface area contributed by atoms with E-state index in [4.69, 9.17) is 0 Å². The fourth-order valence-corrected chi connectivity index (χ4v) is 3.49. The van der Waals surface area contributed by atoms with E-state index in [0.717, 1.165) is 11.8 Å². The zero-order valence-electron chi connectivity index (χ0n) is 12.3. The molecule has 0 amide bonds. The molecule has 2 aromatic rings. The summed E-state index contributed by atoms with van der Waals surface area (Å²) in [5, 5.41) is 3.56. The number of hydrogen-bond donors (Lipinski definition) is 1. The molecule has 0 aliphatic heterocycles. The van der Waals surface area contributed by atoms with Crippen LogP contribution >= 0.6 is 0 Å². The number of benzene rings is 2. The molecule has 104 valence electrons. The smallest absolute Gasteiger partial charge is 0.0164 e. The maximum atomic E-state index is 3.56. The summed E-state index contributed by atoms with van der Waals surface area (Å²) < 4.78 is 0. The van der Waals surface area contributed by atoms with Gasteiger partial charge in [-0.2, -0.15) is 0 Å². The summed E-state index contributed by atoms with van der Waals surface area (Å²) in [6.45, 7) is 2.34. The summed E-state index contributed by atoms with van der Waals surface area (Å²) in [6.07, 6.45) is 1.31. The number of nitrogens with one attached hydrogen (secondary N) is 1. The summed E-state index contributed by atoms with van der Waals surface area (Å²) >= 11 is 0. The van der Waals surface area contributed by atoms with Crippen LogP contribution in [0.2, 0.25) is 0 Å². The van der Waals surface area contributed by atoms with Crippen LogP contribution in [0.4, 0.5) is 0 Å². The first kappa shape index (κ1) is 13.4. The van der Waals surface area contributed by atoms with Gasteiger partial charge in [0.25, 0.3) is 0 Å². The first-order valence-electron chi connectivity index (χ1n) is 7.58. The second kappa shape index (κ2) is 5.80. The van der Waals surface area contributed by atoms with E-state index in [9.17, 15) is 0 Å². The second-order valence-corrected chi connectivity index (χ2v) is 5.93. The summed E-state index contributed by atoms with van der Waals surface area (Å²) in [6, 6.07) is 22.4. The SMILES string of the molecule is CNC(C(C)c1ccccc1)C1CC1c1ccccc1. The van der Waals surface area contributed by atoms with E-state index < -0.39 is 0 Å². The third-order valence-corrected chi connectivity index (χ3v) is 4.73. The molecular formula is C19H23N. The molecular weight excluding hydrogens is 242 g/mol. The van der Waals surface area contributed by atoms with E-state index in [-0.39, 0.29) is 0 Å². The van der Waals surface area contributed by atoms with Gasteiger partial charge in [-0.15, -0.1) is 0 Å². The van der Waals surface area contributed by atoms with Crippen LogP contribution < -0.4 is 5.32 Å². The van der Waals surface area contributed by atoms with Gasteiger partial charge in [0.15, 0.2) is 0 Å². The Morgan fingerprint density at radius 2 is 1.55 bits per heavy atom. The molecule has 0 spiro atoms. The van der Waals surface area contributed by atoms with Crippen molar-refractivity contribution >= 4 is 0 Å². The molecule has 1 nitrogen and oxygen atoms in total. The molecule has 4 unspecified atom stereocenters. The van der Waals surface area contributed by atoms with Crippen molar-refractivity contribution in [3.63, 3.8) is 0 Å². The molecule has 0 radical (unpaired) electrons. The summed E-state index contributed by atoms with van der Waals surface area (Å²) in [5.41, 5.74) is 2.93. The molecule has 1 heteroatoms. The van der Waals surface area contributed by atoms with Crippen LogP contribution in [0.15, 0.2) is 60.7 Å². The molecule has 1 saturated carbocycles. The predicted octanol–water partition coefficient (Wildman–Crippen LogP) is 4.18. The lowest BCUT2D eigenvalue weighted by atomic mass is 9.89. The minimum atomic E-state index is 0.555. The predicted molar refractivity (Wildman–Crippen MR) is 85.0 cm³/mol. The number of hydrogen-bond acceptors (Lipinski definition) is 1. The van der Waals surface area contributed by atoms with Crippen molar-refractivity contribution in [2.75, 3.05) is 7.05 Å². The molecule has 0 heterocycles. The Kier molecular flexibility index (Phi) is 3.88. The van der Waals surface area contributed by atoms with E-state index in [1.54, 1.807) is 0 Å². The molecule has 2 aromatic carbocycles. The highest BCUT2D eigenvalue weighted by Gasteiger charge is 2.45. The van der Waals surface area contributed by atoms with Gasteiger partial charge in [0.1, 0.15) is 0 Å². The highest BCUT2D eigenvalue weighted by atomic mass is 14.9. The first-order valence-corrected chi connectivity index (χ1v) is 7.58. The van der Waals surface area contributed by atoms with E-state index in [1.165, 1.54) is 17.5 Å². The van der Waals surface area contributed by atoms with E-state index >= 15 is 0 Å². The van der Waals surface area contributed by atoms with E-state index in [0.29, 0.717) is 12.0 Å². The van der Waals surface area contributed by atoms with Crippen LogP contribution in [0, 0.1) is 5.92 Å². The van der Waals surface area contributed by atoms with Gasteiger partial charge in [-0.25, -0.2) is 0 Å². The molecule has 1 fully saturated rings. The molecule has 1 aliphatic carbocycles. The second-order valence-electron chi connectivity index (χ2n) is 5.93.